The summed E-state index contributed by atoms with van der Waals surface area (Å²) in [6.45, 7) is 5.16. The van der Waals surface area contributed by atoms with Crippen molar-refractivity contribution in [1.29, 1.82) is 0 Å². The summed E-state index contributed by atoms with van der Waals surface area (Å²) in [7, 11) is 2.64. The second kappa shape index (κ2) is 6.55. The van der Waals surface area contributed by atoms with Crippen molar-refractivity contribution in [3.8, 4) is 0 Å². The van der Waals surface area contributed by atoms with E-state index in [2.05, 4.69) is 4.98 Å². The lowest BCUT2D eigenvalue weighted by molar-refractivity contribution is -0.396. The first-order valence-electron chi connectivity index (χ1n) is 8.46. The summed E-state index contributed by atoms with van der Waals surface area (Å²) < 4.78 is 2.91. The molecule has 28 heavy (non-hydrogen) atoms. The van der Waals surface area contributed by atoms with Crippen molar-refractivity contribution in [3.63, 3.8) is 0 Å². The summed E-state index contributed by atoms with van der Waals surface area (Å²) in [4.78, 5) is 52.0. The van der Waals surface area contributed by atoms with Gasteiger partial charge in [0.2, 0.25) is 5.65 Å². The number of nitrogens with zero attached hydrogens (tertiary/aromatic N) is 5. The normalized spacial score (nSPS) is 11.2. The van der Waals surface area contributed by atoms with E-state index in [0.29, 0.717) is 5.56 Å². The Morgan fingerprint density at radius 2 is 1.68 bits per heavy atom. The average Bonchev–Trinajstić information content (AvgIpc) is 3.00. The molecule has 1 aromatic carbocycles. The van der Waals surface area contributed by atoms with E-state index in [-0.39, 0.29) is 16.9 Å². The molecule has 10 nitrogen and oxygen atoms in total. The Morgan fingerprint density at radius 3 is 2.29 bits per heavy atom. The molecule has 2 heterocycles. The number of ketones is 1. The molecule has 3 aromatic rings. The van der Waals surface area contributed by atoms with Crippen LogP contribution < -0.4 is 11.2 Å². The van der Waals surface area contributed by atoms with Crippen molar-refractivity contribution < 1.29 is 9.72 Å². The van der Waals surface area contributed by atoms with Crippen LogP contribution in [0.25, 0.3) is 11.2 Å². The van der Waals surface area contributed by atoms with Crippen molar-refractivity contribution in [2.24, 2.45) is 14.1 Å². The van der Waals surface area contributed by atoms with Gasteiger partial charge in [-0.1, -0.05) is 11.1 Å². The Kier molecular flexibility index (Phi) is 4.50. The van der Waals surface area contributed by atoms with E-state index in [1.165, 1.54) is 14.1 Å². The Balaban J connectivity index is 2.26. The number of aryl methyl sites for hydroxylation is 4. The van der Waals surface area contributed by atoms with Gasteiger partial charge in [0.25, 0.3) is 5.52 Å². The lowest BCUT2D eigenvalue weighted by Gasteiger charge is -2.10. The highest BCUT2D eigenvalue weighted by atomic mass is 16.6. The fourth-order valence-electron chi connectivity index (χ4n) is 3.25. The maximum atomic E-state index is 12.9. The molecular formula is C18H19N5O5. The van der Waals surface area contributed by atoms with Crippen LogP contribution in [0.2, 0.25) is 0 Å². The lowest BCUT2D eigenvalue weighted by Crippen LogP contribution is -2.37. The highest BCUT2D eigenvalue weighted by Crippen LogP contribution is 2.21. The van der Waals surface area contributed by atoms with E-state index < -0.39 is 28.7 Å². The Morgan fingerprint density at radius 1 is 1.07 bits per heavy atom. The molecule has 3 rings (SSSR count). The minimum atomic E-state index is -0.773. The molecule has 0 fully saturated rings. The Hall–Kier alpha value is -3.56. The number of rotatable bonds is 4. The summed E-state index contributed by atoms with van der Waals surface area (Å²) in [6, 6.07) is 3.60. The third-order valence-corrected chi connectivity index (χ3v) is 4.93. The van der Waals surface area contributed by atoms with Gasteiger partial charge in [-0.05, 0) is 48.5 Å². The lowest BCUT2D eigenvalue weighted by atomic mass is 9.98. The van der Waals surface area contributed by atoms with Gasteiger partial charge in [-0.3, -0.25) is 18.7 Å². The predicted molar refractivity (Wildman–Crippen MR) is 102 cm³/mol. The Bertz CT molecular complexity index is 1280. The van der Waals surface area contributed by atoms with Gasteiger partial charge in [0, 0.05) is 19.7 Å². The van der Waals surface area contributed by atoms with Gasteiger partial charge in [-0.25, -0.2) is 4.79 Å². The van der Waals surface area contributed by atoms with Gasteiger partial charge < -0.3 is 10.1 Å². The van der Waals surface area contributed by atoms with Crippen molar-refractivity contribution >= 4 is 22.9 Å². The van der Waals surface area contributed by atoms with Crippen LogP contribution >= 0.6 is 0 Å². The minimum absolute atomic E-state index is 0.0605. The van der Waals surface area contributed by atoms with Gasteiger partial charge >= 0.3 is 17.2 Å². The van der Waals surface area contributed by atoms with E-state index in [1.807, 2.05) is 19.9 Å². The predicted octanol–water partition coefficient (Wildman–Crippen LogP) is 1.15. The first kappa shape index (κ1) is 19.2. The topological polar surface area (TPSA) is 122 Å². The highest BCUT2D eigenvalue weighted by molar-refractivity contribution is 5.98. The van der Waals surface area contributed by atoms with Gasteiger partial charge in [-0.15, -0.1) is 0 Å². The third-order valence-electron chi connectivity index (χ3n) is 4.93. The van der Waals surface area contributed by atoms with Crippen LogP contribution in [-0.2, 0) is 20.6 Å². The van der Waals surface area contributed by atoms with Crippen molar-refractivity contribution in [2.75, 3.05) is 0 Å². The summed E-state index contributed by atoms with van der Waals surface area (Å²) >= 11 is 0. The van der Waals surface area contributed by atoms with E-state index in [0.717, 1.165) is 30.4 Å². The number of carbonyl (C=O) groups excluding carboxylic acids is 1. The van der Waals surface area contributed by atoms with Gasteiger partial charge in [0.05, 0.1) is 0 Å². The van der Waals surface area contributed by atoms with Crippen LogP contribution in [0.4, 0.5) is 5.95 Å². The number of nitro groups is 1. The molecular weight excluding hydrogens is 366 g/mol. The molecule has 0 amide bonds. The van der Waals surface area contributed by atoms with Crippen molar-refractivity contribution in [1.82, 2.24) is 18.7 Å². The van der Waals surface area contributed by atoms with Crippen LogP contribution in [0.1, 0.15) is 27.0 Å². The van der Waals surface area contributed by atoms with Gasteiger partial charge in [0.15, 0.2) is 5.78 Å². The number of hydrogen-bond donors (Lipinski definition) is 0. The quantitative estimate of drug-likeness (QED) is 0.377. The summed E-state index contributed by atoms with van der Waals surface area (Å²) in [5.41, 5.74) is 1.39. The van der Waals surface area contributed by atoms with Gasteiger partial charge in [0.1, 0.15) is 6.54 Å². The molecule has 0 bridgehead atoms. The summed E-state index contributed by atoms with van der Waals surface area (Å²) in [5, 5.41) is 11.5. The maximum Gasteiger partial charge on any atom is 0.437 e. The first-order valence-corrected chi connectivity index (χ1v) is 8.46. The maximum absolute atomic E-state index is 12.9. The van der Waals surface area contributed by atoms with Crippen LogP contribution in [0, 0.1) is 30.9 Å². The smallest absolute Gasteiger partial charge is 0.390 e. The minimum Gasteiger partial charge on any atom is -0.390 e. The molecule has 0 saturated carbocycles. The molecule has 0 aliphatic rings. The van der Waals surface area contributed by atoms with Crippen molar-refractivity contribution in [3.05, 3.63) is 65.3 Å². The van der Waals surface area contributed by atoms with Crippen LogP contribution in [0.3, 0.4) is 0 Å². The zero-order chi connectivity index (χ0) is 20.9. The number of aromatic nitrogens is 4. The number of fused-ring (bicyclic) bond motifs is 1. The Labute approximate surface area is 158 Å². The average molecular weight is 385 g/mol. The largest absolute Gasteiger partial charge is 0.437 e. The monoisotopic (exact) mass is 385 g/mol. The fourth-order valence-corrected chi connectivity index (χ4v) is 3.25. The molecule has 2 aromatic heterocycles. The fraction of sp³-hybridized carbons (Fsp3) is 0.333. The van der Waals surface area contributed by atoms with E-state index in [9.17, 15) is 24.5 Å². The molecule has 10 heteroatoms. The van der Waals surface area contributed by atoms with E-state index in [1.54, 1.807) is 13.0 Å². The zero-order valence-electron chi connectivity index (χ0n) is 16.1. The molecule has 0 spiro atoms. The number of benzene rings is 1. The number of imidazole rings is 1. The molecule has 146 valence electrons. The van der Waals surface area contributed by atoms with Crippen LogP contribution in [0.5, 0.6) is 0 Å². The highest BCUT2D eigenvalue weighted by Gasteiger charge is 2.30. The molecule has 0 saturated heterocycles. The van der Waals surface area contributed by atoms with Crippen LogP contribution in [-0.4, -0.2) is 29.4 Å². The first-order chi connectivity index (χ1) is 13.0. The van der Waals surface area contributed by atoms with Gasteiger partial charge in [-0.2, -0.15) is 4.57 Å². The number of hydrogen-bond acceptors (Lipinski definition) is 6. The number of Topliss-reactive ketones (excluding diaryl/α,β-unsaturated/α-hetero) is 1. The molecule has 0 N–H and O–H groups in total. The standard InChI is InChI=1S/C18H19N5O5/c1-9-6-11(3)12(7-10(9)2)13(24)8-22-15-14(19-17(22)23(27)28)16(25)21(5)18(26)20(15)4/h6-7H,8H2,1-5H3. The molecule has 0 atom stereocenters. The van der Waals surface area contributed by atoms with Crippen LogP contribution in [0.15, 0.2) is 21.7 Å². The molecule has 0 unspecified atom stereocenters. The number of carbonyl (C=O) groups is 1. The van der Waals surface area contributed by atoms with Crippen molar-refractivity contribution in [2.45, 2.75) is 27.3 Å². The second-order valence-corrected chi connectivity index (χ2v) is 6.81. The summed E-state index contributed by atoms with van der Waals surface area (Å²) in [6.07, 6.45) is 0. The van der Waals surface area contributed by atoms with E-state index in [4.69, 9.17) is 0 Å². The molecule has 0 radical (unpaired) electrons. The SMILES string of the molecule is Cc1cc(C)c(C(=O)Cn2c([N+](=O)[O-])nc3c(=O)n(C)c(=O)n(C)c32)cc1C. The second-order valence-electron chi connectivity index (χ2n) is 6.81. The summed E-state index contributed by atoms with van der Waals surface area (Å²) in [5.74, 6) is -1.04. The molecule has 0 aliphatic carbocycles. The zero-order valence-corrected chi connectivity index (χ0v) is 16.1. The molecule has 0 aliphatic heterocycles. The third kappa shape index (κ3) is 2.82. The van der Waals surface area contributed by atoms with E-state index >= 15 is 0 Å².